The van der Waals surface area contributed by atoms with Gasteiger partial charge in [-0.15, -0.1) is 0 Å². The lowest BCUT2D eigenvalue weighted by Gasteiger charge is -2.11. The van der Waals surface area contributed by atoms with Crippen molar-refractivity contribution in [2.75, 3.05) is 11.1 Å². The summed E-state index contributed by atoms with van der Waals surface area (Å²) in [5.41, 5.74) is 9.51. The predicted molar refractivity (Wildman–Crippen MR) is 61.4 cm³/mol. The van der Waals surface area contributed by atoms with Crippen LogP contribution in [0.15, 0.2) is 18.2 Å². The number of nitrogen functional groups attached to an aromatic ring is 1. The molecule has 1 aliphatic rings. The molecule has 1 aromatic rings. The summed E-state index contributed by atoms with van der Waals surface area (Å²) in [7, 11) is 0. The normalized spacial score (nSPS) is 23.2. The van der Waals surface area contributed by atoms with E-state index in [0.717, 1.165) is 11.4 Å². The van der Waals surface area contributed by atoms with Crippen LogP contribution in [0.1, 0.15) is 25.8 Å². The van der Waals surface area contributed by atoms with Gasteiger partial charge >= 0.3 is 0 Å². The maximum absolute atomic E-state index is 5.92. The molecule has 0 aliphatic heterocycles. The van der Waals surface area contributed by atoms with Gasteiger partial charge in [-0.3, -0.25) is 0 Å². The summed E-state index contributed by atoms with van der Waals surface area (Å²) in [5.74, 6) is 0. The second-order valence-corrected chi connectivity index (χ2v) is 4.98. The first-order valence-corrected chi connectivity index (χ1v) is 5.12. The summed E-state index contributed by atoms with van der Waals surface area (Å²) >= 11 is 0. The van der Waals surface area contributed by atoms with Gasteiger partial charge in [0.15, 0.2) is 0 Å². The smallest absolute Gasteiger partial charge is 0.0576 e. The Kier molecular flexibility index (Phi) is 1.95. The topological polar surface area (TPSA) is 38.0 Å². The van der Waals surface area contributed by atoms with Crippen LogP contribution in [-0.4, -0.2) is 6.04 Å². The van der Waals surface area contributed by atoms with Crippen LogP contribution in [0.2, 0.25) is 0 Å². The molecule has 2 heteroatoms. The first-order chi connectivity index (χ1) is 6.49. The predicted octanol–water partition coefficient (Wildman–Crippen LogP) is 2.79. The Bertz CT molecular complexity index is 355. The molecule has 1 atom stereocenters. The third kappa shape index (κ3) is 1.69. The molecule has 0 heterocycles. The van der Waals surface area contributed by atoms with Gasteiger partial charge in [-0.05, 0) is 36.5 Å². The van der Waals surface area contributed by atoms with Crippen molar-refractivity contribution < 1.29 is 0 Å². The molecular weight excluding hydrogens is 172 g/mol. The van der Waals surface area contributed by atoms with Crippen LogP contribution >= 0.6 is 0 Å². The number of aryl methyl sites for hydroxylation is 1. The molecule has 0 radical (unpaired) electrons. The molecule has 1 saturated carbocycles. The van der Waals surface area contributed by atoms with Crippen molar-refractivity contribution in [1.82, 2.24) is 0 Å². The average molecular weight is 190 g/mol. The largest absolute Gasteiger partial charge is 0.397 e. The number of rotatable bonds is 2. The molecule has 14 heavy (non-hydrogen) atoms. The van der Waals surface area contributed by atoms with Gasteiger partial charge in [-0.25, -0.2) is 0 Å². The van der Waals surface area contributed by atoms with E-state index in [0.29, 0.717) is 11.5 Å². The van der Waals surface area contributed by atoms with E-state index in [9.17, 15) is 0 Å². The number of hydrogen-bond acceptors (Lipinski definition) is 2. The van der Waals surface area contributed by atoms with Crippen molar-refractivity contribution in [3.63, 3.8) is 0 Å². The molecule has 1 fully saturated rings. The molecule has 2 nitrogen and oxygen atoms in total. The Balaban J connectivity index is 2.11. The SMILES string of the molecule is Cc1ccc(NC2CC2(C)C)c(N)c1. The first kappa shape index (κ1) is 9.38. The molecule has 2 rings (SSSR count). The van der Waals surface area contributed by atoms with Crippen LogP contribution in [0.25, 0.3) is 0 Å². The first-order valence-electron chi connectivity index (χ1n) is 5.12. The summed E-state index contributed by atoms with van der Waals surface area (Å²) < 4.78 is 0. The minimum atomic E-state index is 0.442. The summed E-state index contributed by atoms with van der Waals surface area (Å²) in [6, 6.07) is 6.76. The Morgan fingerprint density at radius 3 is 2.57 bits per heavy atom. The van der Waals surface area contributed by atoms with Crippen LogP contribution in [0, 0.1) is 12.3 Å². The van der Waals surface area contributed by atoms with E-state index in [-0.39, 0.29) is 0 Å². The molecule has 0 amide bonds. The fraction of sp³-hybridized carbons (Fsp3) is 0.500. The minimum absolute atomic E-state index is 0.442. The molecule has 76 valence electrons. The van der Waals surface area contributed by atoms with Gasteiger partial charge < -0.3 is 11.1 Å². The Hall–Kier alpha value is -1.18. The Labute approximate surface area is 85.5 Å². The van der Waals surface area contributed by atoms with Gasteiger partial charge in [0.1, 0.15) is 0 Å². The van der Waals surface area contributed by atoms with Crippen molar-refractivity contribution in [1.29, 1.82) is 0 Å². The molecular formula is C12H18N2. The fourth-order valence-corrected chi connectivity index (χ4v) is 1.71. The number of nitrogens with two attached hydrogens (primary N) is 1. The zero-order chi connectivity index (χ0) is 10.3. The van der Waals surface area contributed by atoms with Crippen LogP contribution in [-0.2, 0) is 0 Å². The van der Waals surface area contributed by atoms with Gasteiger partial charge in [-0.2, -0.15) is 0 Å². The summed E-state index contributed by atoms with van der Waals surface area (Å²) in [4.78, 5) is 0. The maximum atomic E-state index is 5.92. The van der Waals surface area contributed by atoms with E-state index >= 15 is 0 Å². The van der Waals surface area contributed by atoms with E-state index in [1.165, 1.54) is 12.0 Å². The molecule has 1 aromatic carbocycles. The van der Waals surface area contributed by atoms with Gasteiger partial charge in [0, 0.05) is 6.04 Å². The third-order valence-electron chi connectivity index (χ3n) is 3.05. The number of anilines is 2. The van der Waals surface area contributed by atoms with Crippen molar-refractivity contribution in [2.24, 2.45) is 5.41 Å². The fourth-order valence-electron chi connectivity index (χ4n) is 1.71. The van der Waals surface area contributed by atoms with E-state index < -0.39 is 0 Å². The highest BCUT2D eigenvalue weighted by atomic mass is 15.0. The molecule has 1 aliphatic carbocycles. The molecule has 0 saturated heterocycles. The van der Waals surface area contributed by atoms with Crippen LogP contribution < -0.4 is 11.1 Å². The zero-order valence-electron chi connectivity index (χ0n) is 9.09. The van der Waals surface area contributed by atoms with Crippen molar-refractivity contribution in [2.45, 2.75) is 33.2 Å². The van der Waals surface area contributed by atoms with E-state index in [2.05, 4.69) is 38.2 Å². The van der Waals surface area contributed by atoms with Gasteiger partial charge in [0.25, 0.3) is 0 Å². The van der Waals surface area contributed by atoms with E-state index in [4.69, 9.17) is 5.73 Å². The van der Waals surface area contributed by atoms with Gasteiger partial charge in [0.2, 0.25) is 0 Å². The lowest BCUT2D eigenvalue weighted by molar-refractivity contribution is 0.631. The lowest BCUT2D eigenvalue weighted by atomic mass is 10.1. The second kappa shape index (κ2) is 2.91. The molecule has 0 aromatic heterocycles. The number of hydrogen-bond donors (Lipinski definition) is 2. The molecule has 0 spiro atoms. The summed E-state index contributed by atoms with van der Waals surface area (Å²) in [5, 5.41) is 3.48. The van der Waals surface area contributed by atoms with Gasteiger partial charge in [-0.1, -0.05) is 19.9 Å². The molecule has 3 N–H and O–H groups in total. The standard InChI is InChI=1S/C12H18N2/c1-8-4-5-10(9(13)6-8)14-11-7-12(11,2)3/h4-6,11,14H,7,13H2,1-3H3. The third-order valence-corrected chi connectivity index (χ3v) is 3.05. The Morgan fingerprint density at radius 2 is 2.07 bits per heavy atom. The van der Waals surface area contributed by atoms with Crippen molar-refractivity contribution in [3.8, 4) is 0 Å². The summed E-state index contributed by atoms with van der Waals surface area (Å²) in [6.45, 7) is 6.60. The van der Waals surface area contributed by atoms with E-state index in [1.54, 1.807) is 0 Å². The quantitative estimate of drug-likeness (QED) is 0.704. The van der Waals surface area contributed by atoms with Crippen LogP contribution in [0.5, 0.6) is 0 Å². The van der Waals surface area contributed by atoms with Crippen LogP contribution in [0.3, 0.4) is 0 Å². The second-order valence-electron chi connectivity index (χ2n) is 4.98. The number of benzene rings is 1. The number of nitrogens with one attached hydrogen (secondary N) is 1. The molecule has 1 unspecified atom stereocenters. The van der Waals surface area contributed by atoms with E-state index in [1.807, 2.05) is 6.07 Å². The van der Waals surface area contributed by atoms with Crippen LogP contribution in [0.4, 0.5) is 11.4 Å². The van der Waals surface area contributed by atoms with Gasteiger partial charge in [0.05, 0.1) is 11.4 Å². The highest BCUT2D eigenvalue weighted by molar-refractivity contribution is 5.67. The monoisotopic (exact) mass is 190 g/mol. The minimum Gasteiger partial charge on any atom is -0.397 e. The highest BCUT2D eigenvalue weighted by Crippen LogP contribution is 2.47. The maximum Gasteiger partial charge on any atom is 0.0576 e. The zero-order valence-corrected chi connectivity index (χ0v) is 9.09. The van der Waals surface area contributed by atoms with Crippen molar-refractivity contribution >= 4 is 11.4 Å². The molecule has 0 bridgehead atoms. The van der Waals surface area contributed by atoms with Crippen molar-refractivity contribution in [3.05, 3.63) is 23.8 Å². The Morgan fingerprint density at radius 1 is 1.43 bits per heavy atom. The summed E-state index contributed by atoms with van der Waals surface area (Å²) in [6.07, 6.45) is 1.24. The average Bonchev–Trinajstić information content (AvgIpc) is 2.65. The highest BCUT2D eigenvalue weighted by Gasteiger charge is 2.45. The lowest BCUT2D eigenvalue weighted by Crippen LogP contribution is -2.09.